The van der Waals surface area contributed by atoms with Crippen molar-refractivity contribution in [1.82, 2.24) is 9.97 Å². The zero-order valence-corrected chi connectivity index (χ0v) is 19.9. The molecule has 0 amide bonds. The van der Waals surface area contributed by atoms with E-state index in [9.17, 15) is 18.3 Å². The predicted molar refractivity (Wildman–Crippen MR) is 128 cm³/mol. The summed E-state index contributed by atoms with van der Waals surface area (Å²) in [6.45, 7) is 3.61. The maximum absolute atomic E-state index is 12.5. The van der Waals surface area contributed by atoms with Crippen LogP contribution < -0.4 is 10.6 Å². The summed E-state index contributed by atoms with van der Waals surface area (Å²) in [7, 11) is -3.34. The van der Waals surface area contributed by atoms with E-state index in [1.807, 2.05) is 24.3 Å². The molecule has 0 saturated heterocycles. The van der Waals surface area contributed by atoms with Gasteiger partial charge in [0.1, 0.15) is 11.4 Å². The fourth-order valence-corrected chi connectivity index (χ4v) is 5.04. The molecule has 1 aliphatic carbocycles. The van der Waals surface area contributed by atoms with Crippen LogP contribution in [0.3, 0.4) is 0 Å². The van der Waals surface area contributed by atoms with E-state index < -0.39 is 28.0 Å². The van der Waals surface area contributed by atoms with Crippen LogP contribution in [-0.4, -0.2) is 48.4 Å². The van der Waals surface area contributed by atoms with Gasteiger partial charge in [-0.1, -0.05) is 24.3 Å². The van der Waals surface area contributed by atoms with Gasteiger partial charge in [0.15, 0.2) is 9.84 Å². The van der Waals surface area contributed by atoms with Crippen LogP contribution in [0, 0.1) is 6.92 Å². The molecule has 0 aliphatic heterocycles. The Kier molecular flexibility index (Phi) is 6.54. The fraction of sp³-hybridized carbons (Fsp3) is 0.292. The SMILES string of the molecule is CCOC(=O)c1cnc(Nc2ccc(S(C)(=O)=O)c(C)c2)nc1N[C@@H]1c2ccccc2C[C@@H]1O. The summed E-state index contributed by atoms with van der Waals surface area (Å²) in [4.78, 5) is 21.5. The summed E-state index contributed by atoms with van der Waals surface area (Å²) in [5.74, 6) is -0.158. The molecule has 3 N–H and O–H groups in total. The van der Waals surface area contributed by atoms with Crippen molar-refractivity contribution in [1.29, 1.82) is 0 Å². The highest BCUT2D eigenvalue weighted by Crippen LogP contribution is 2.35. The van der Waals surface area contributed by atoms with Crippen LogP contribution in [0.2, 0.25) is 0 Å². The van der Waals surface area contributed by atoms with Crippen molar-refractivity contribution in [3.63, 3.8) is 0 Å². The Bertz CT molecular complexity index is 1340. The van der Waals surface area contributed by atoms with Gasteiger partial charge < -0.3 is 20.5 Å². The van der Waals surface area contributed by atoms with Crippen LogP contribution in [0.1, 0.15) is 40.0 Å². The molecule has 0 saturated carbocycles. The van der Waals surface area contributed by atoms with E-state index in [-0.39, 0.29) is 28.8 Å². The van der Waals surface area contributed by atoms with E-state index in [1.54, 1.807) is 26.0 Å². The zero-order chi connectivity index (χ0) is 24.5. The number of sulfone groups is 1. The third-order valence-corrected chi connectivity index (χ3v) is 6.87. The molecule has 4 rings (SSSR count). The summed E-state index contributed by atoms with van der Waals surface area (Å²) in [6.07, 6.45) is 2.32. The molecule has 34 heavy (non-hydrogen) atoms. The Labute approximate surface area is 198 Å². The second-order valence-electron chi connectivity index (χ2n) is 8.15. The first kappa shape index (κ1) is 23.7. The molecule has 0 radical (unpaired) electrons. The van der Waals surface area contributed by atoms with Crippen molar-refractivity contribution in [2.45, 2.75) is 37.3 Å². The molecule has 1 aliphatic rings. The largest absolute Gasteiger partial charge is 0.462 e. The number of aromatic nitrogens is 2. The van der Waals surface area contributed by atoms with Crippen LogP contribution in [0.15, 0.2) is 53.6 Å². The number of hydrogen-bond donors (Lipinski definition) is 3. The standard InChI is InChI=1S/C24H26N4O5S/c1-4-33-23(30)18-13-25-24(26-16-9-10-20(14(2)11-16)34(3,31)32)28-22(18)27-21-17-8-6-5-7-15(17)12-19(21)29/h5-11,13,19,21,29H,4,12H2,1-3H3,(H2,25,26,27,28)/t19-,21+/m0/s1. The first-order valence-corrected chi connectivity index (χ1v) is 12.7. The summed E-state index contributed by atoms with van der Waals surface area (Å²) in [6, 6.07) is 12.1. The van der Waals surface area contributed by atoms with Crippen molar-refractivity contribution in [3.8, 4) is 0 Å². The van der Waals surface area contributed by atoms with Gasteiger partial charge in [0, 0.05) is 24.6 Å². The highest BCUT2D eigenvalue weighted by atomic mass is 32.2. The number of anilines is 3. The molecular formula is C24H26N4O5S. The van der Waals surface area contributed by atoms with Crippen molar-refractivity contribution < 1.29 is 23.1 Å². The summed E-state index contributed by atoms with van der Waals surface area (Å²) >= 11 is 0. The molecule has 0 bridgehead atoms. The van der Waals surface area contributed by atoms with Crippen LogP contribution in [-0.2, 0) is 21.0 Å². The zero-order valence-electron chi connectivity index (χ0n) is 19.1. The van der Waals surface area contributed by atoms with Gasteiger partial charge in [-0.3, -0.25) is 0 Å². The van der Waals surface area contributed by atoms with Crippen LogP contribution in [0.4, 0.5) is 17.5 Å². The highest BCUT2D eigenvalue weighted by Gasteiger charge is 2.32. The quantitative estimate of drug-likeness (QED) is 0.435. The molecule has 1 aromatic heterocycles. The van der Waals surface area contributed by atoms with E-state index in [0.717, 1.165) is 17.4 Å². The van der Waals surface area contributed by atoms with Crippen LogP contribution in [0.5, 0.6) is 0 Å². The molecule has 2 aromatic carbocycles. The van der Waals surface area contributed by atoms with Gasteiger partial charge in [-0.15, -0.1) is 0 Å². The normalized spacial score (nSPS) is 17.2. The highest BCUT2D eigenvalue weighted by molar-refractivity contribution is 7.90. The lowest BCUT2D eigenvalue weighted by atomic mass is 10.1. The number of nitrogens with one attached hydrogen (secondary N) is 2. The third-order valence-electron chi connectivity index (χ3n) is 5.61. The maximum atomic E-state index is 12.5. The second-order valence-corrected chi connectivity index (χ2v) is 10.1. The molecule has 178 valence electrons. The predicted octanol–water partition coefficient (Wildman–Crippen LogP) is 3.18. The number of benzene rings is 2. The van der Waals surface area contributed by atoms with Crippen molar-refractivity contribution >= 4 is 33.3 Å². The van der Waals surface area contributed by atoms with Crippen molar-refractivity contribution in [2.75, 3.05) is 23.5 Å². The molecule has 0 spiro atoms. The minimum atomic E-state index is -3.34. The minimum Gasteiger partial charge on any atom is -0.462 e. The summed E-state index contributed by atoms with van der Waals surface area (Å²) in [5.41, 5.74) is 3.28. The van der Waals surface area contributed by atoms with Gasteiger partial charge in [-0.25, -0.2) is 18.2 Å². The Morgan fingerprint density at radius 2 is 2.00 bits per heavy atom. The minimum absolute atomic E-state index is 0.146. The van der Waals surface area contributed by atoms with Gasteiger partial charge in [0.2, 0.25) is 5.95 Å². The average Bonchev–Trinajstić information content (AvgIpc) is 3.08. The number of carbonyl (C=O) groups is 1. The number of nitrogens with zero attached hydrogens (tertiary/aromatic N) is 2. The Hall–Kier alpha value is -3.50. The number of aryl methyl sites for hydroxylation is 1. The van der Waals surface area contributed by atoms with Gasteiger partial charge in [-0.05, 0) is 48.7 Å². The average molecular weight is 483 g/mol. The van der Waals surface area contributed by atoms with Crippen LogP contribution >= 0.6 is 0 Å². The molecule has 3 aromatic rings. The summed E-state index contributed by atoms with van der Waals surface area (Å²) in [5, 5.41) is 16.9. The molecule has 1 heterocycles. The van der Waals surface area contributed by atoms with E-state index in [2.05, 4.69) is 20.6 Å². The van der Waals surface area contributed by atoms with Gasteiger partial charge >= 0.3 is 5.97 Å². The molecular weight excluding hydrogens is 456 g/mol. The topological polar surface area (TPSA) is 131 Å². The number of carbonyl (C=O) groups excluding carboxylic acids is 1. The Morgan fingerprint density at radius 3 is 2.71 bits per heavy atom. The molecule has 0 unspecified atom stereocenters. The first-order chi connectivity index (χ1) is 16.2. The monoisotopic (exact) mass is 482 g/mol. The van der Waals surface area contributed by atoms with Gasteiger partial charge in [0.05, 0.1) is 23.6 Å². The lowest BCUT2D eigenvalue weighted by Crippen LogP contribution is -2.23. The maximum Gasteiger partial charge on any atom is 0.343 e. The smallest absolute Gasteiger partial charge is 0.343 e. The number of aliphatic hydroxyl groups is 1. The third kappa shape index (κ3) is 4.87. The number of esters is 1. The van der Waals surface area contributed by atoms with Crippen molar-refractivity contribution in [2.24, 2.45) is 0 Å². The number of aliphatic hydroxyl groups excluding tert-OH is 1. The molecule has 9 nitrogen and oxygen atoms in total. The van der Waals surface area contributed by atoms with E-state index in [1.165, 1.54) is 12.3 Å². The number of hydrogen-bond acceptors (Lipinski definition) is 9. The van der Waals surface area contributed by atoms with Gasteiger partial charge in [-0.2, -0.15) is 4.98 Å². The fourth-order valence-electron chi connectivity index (χ4n) is 4.08. The number of fused-ring (bicyclic) bond motifs is 1. The number of ether oxygens (including phenoxy) is 1. The lowest BCUT2D eigenvalue weighted by Gasteiger charge is -2.20. The lowest BCUT2D eigenvalue weighted by molar-refractivity contribution is 0.0526. The van der Waals surface area contributed by atoms with E-state index >= 15 is 0 Å². The molecule has 0 fully saturated rings. The van der Waals surface area contributed by atoms with Crippen LogP contribution in [0.25, 0.3) is 0 Å². The van der Waals surface area contributed by atoms with Gasteiger partial charge in [0.25, 0.3) is 0 Å². The molecule has 10 heteroatoms. The van der Waals surface area contributed by atoms with E-state index in [4.69, 9.17) is 4.74 Å². The summed E-state index contributed by atoms with van der Waals surface area (Å²) < 4.78 is 28.9. The number of rotatable bonds is 7. The molecule has 2 atom stereocenters. The van der Waals surface area contributed by atoms with E-state index in [0.29, 0.717) is 17.7 Å². The second kappa shape index (κ2) is 9.40. The Balaban J connectivity index is 1.67. The van der Waals surface area contributed by atoms with Crippen molar-refractivity contribution in [3.05, 3.63) is 70.9 Å². The first-order valence-electron chi connectivity index (χ1n) is 10.8. The Morgan fingerprint density at radius 1 is 1.24 bits per heavy atom.